The predicted octanol–water partition coefficient (Wildman–Crippen LogP) is 3.13. The van der Waals surface area contributed by atoms with Crippen LogP contribution in [-0.4, -0.2) is 28.3 Å². The minimum absolute atomic E-state index is 0.217. The molecule has 0 bridgehead atoms. The van der Waals surface area contributed by atoms with Gasteiger partial charge >= 0.3 is 5.69 Å². The van der Waals surface area contributed by atoms with E-state index in [2.05, 4.69) is 0 Å². The molecule has 0 heterocycles. The fourth-order valence-electron chi connectivity index (χ4n) is 1.90. The smallest absolute Gasteiger partial charge is 0.305 e. The van der Waals surface area contributed by atoms with E-state index in [1.165, 1.54) is 4.90 Å². The van der Waals surface area contributed by atoms with Crippen LogP contribution in [0.3, 0.4) is 0 Å². The number of benzene rings is 1. The number of hydrogen-bond acceptors (Lipinski definition) is 3. The number of nitrogens with zero attached hydrogens (tertiary/aromatic N) is 2. The molecule has 0 saturated carbocycles. The van der Waals surface area contributed by atoms with Gasteiger partial charge in [-0.15, -0.1) is 0 Å². The van der Waals surface area contributed by atoms with Crippen LogP contribution in [0.2, 0.25) is 0 Å². The van der Waals surface area contributed by atoms with Crippen molar-refractivity contribution in [2.75, 3.05) is 6.54 Å². The van der Waals surface area contributed by atoms with Crippen LogP contribution in [0.5, 0.6) is 0 Å². The number of nitro groups is 1. The summed E-state index contributed by atoms with van der Waals surface area (Å²) >= 11 is 0. The Balaban J connectivity index is 3.34. The highest BCUT2D eigenvalue weighted by Gasteiger charge is 2.30. The Morgan fingerprint density at radius 3 is 2.45 bits per heavy atom. The molecule has 0 aliphatic heterocycles. The van der Waals surface area contributed by atoms with Crippen LogP contribution in [0.15, 0.2) is 12.1 Å². The largest absolute Gasteiger partial charge is 0.336 e. The number of amides is 1. The Morgan fingerprint density at radius 1 is 1.40 bits per heavy atom. The zero-order valence-electron chi connectivity index (χ0n) is 11.5. The summed E-state index contributed by atoms with van der Waals surface area (Å²) in [5.74, 6) is -3.40. The molecule has 0 spiro atoms. The molecule has 1 amide bonds. The van der Waals surface area contributed by atoms with Crippen LogP contribution in [0, 0.1) is 21.7 Å². The van der Waals surface area contributed by atoms with E-state index in [-0.39, 0.29) is 12.6 Å². The van der Waals surface area contributed by atoms with Crippen LogP contribution >= 0.6 is 0 Å². The molecule has 0 saturated heterocycles. The lowest BCUT2D eigenvalue weighted by atomic mass is 10.1. The first-order chi connectivity index (χ1) is 9.34. The van der Waals surface area contributed by atoms with Crippen LogP contribution in [0.25, 0.3) is 0 Å². The van der Waals surface area contributed by atoms with E-state index in [0.29, 0.717) is 12.5 Å². The molecule has 0 aromatic heterocycles. The van der Waals surface area contributed by atoms with Gasteiger partial charge in [-0.2, -0.15) is 4.39 Å². The zero-order chi connectivity index (χ0) is 15.4. The summed E-state index contributed by atoms with van der Waals surface area (Å²) in [7, 11) is 0. The maximum Gasteiger partial charge on any atom is 0.305 e. The minimum atomic E-state index is -1.43. The third-order valence-corrected chi connectivity index (χ3v) is 3.21. The van der Waals surface area contributed by atoms with Gasteiger partial charge in [0, 0.05) is 18.7 Å². The molecule has 1 atom stereocenters. The van der Waals surface area contributed by atoms with Gasteiger partial charge in [-0.1, -0.05) is 6.92 Å². The van der Waals surface area contributed by atoms with Gasteiger partial charge < -0.3 is 4.90 Å². The summed E-state index contributed by atoms with van der Waals surface area (Å²) in [6.07, 6.45) is 0.609. The summed E-state index contributed by atoms with van der Waals surface area (Å²) in [5, 5.41) is 10.7. The highest BCUT2D eigenvalue weighted by Crippen LogP contribution is 2.25. The van der Waals surface area contributed by atoms with Crippen LogP contribution < -0.4 is 0 Å². The highest BCUT2D eigenvalue weighted by atomic mass is 19.1. The number of nitro benzene ring substituents is 1. The van der Waals surface area contributed by atoms with E-state index >= 15 is 0 Å². The maximum absolute atomic E-state index is 14.0. The average Bonchev–Trinajstić information content (AvgIpc) is 2.38. The second kappa shape index (κ2) is 6.40. The molecule has 7 heteroatoms. The van der Waals surface area contributed by atoms with E-state index in [9.17, 15) is 23.7 Å². The van der Waals surface area contributed by atoms with Crippen molar-refractivity contribution in [3.63, 3.8) is 0 Å². The molecule has 0 aliphatic rings. The van der Waals surface area contributed by atoms with Crippen molar-refractivity contribution in [3.05, 3.63) is 39.4 Å². The third-order valence-electron chi connectivity index (χ3n) is 3.21. The first kappa shape index (κ1) is 16.0. The normalized spacial score (nSPS) is 12.1. The Bertz CT molecular complexity index is 535. The SMILES string of the molecule is CCC(C)N(CC)C(=O)c1c(F)ccc([N+](=O)[O-])c1F. The van der Waals surface area contributed by atoms with Crippen molar-refractivity contribution in [2.45, 2.75) is 33.2 Å². The molecule has 0 N–H and O–H groups in total. The second-order valence-electron chi connectivity index (χ2n) is 4.36. The second-order valence-corrected chi connectivity index (χ2v) is 4.36. The van der Waals surface area contributed by atoms with E-state index in [1.807, 2.05) is 6.92 Å². The molecule has 1 aromatic carbocycles. The van der Waals surface area contributed by atoms with Gasteiger partial charge in [-0.05, 0) is 26.3 Å². The van der Waals surface area contributed by atoms with Gasteiger partial charge in [-0.25, -0.2) is 4.39 Å². The third kappa shape index (κ3) is 2.92. The number of hydrogen-bond donors (Lipinski definition) is 0. The van der Waals surface area contributed by atoms with Gasteiger partial charge in [0.1, 0.15) is 11.4 Å². The van der Waals surface area contributed by atoms with Gasteiger partial charge in [-0.3, -0.25) is 14.9 Å². The first-order valence-electron chi connectivity index (χ1n) is 6.28. The lowest BCUT2D eigenvalue weighted by Gasteiger charge is -2.27. The number of carbonyl (C=O) groups is 1. The van der Waals surface area contributed by atoms with E-state index < -0.39 is 33.7 Å². The van der Waals surface area contributed by atoms with Crippen LogP contribution in [0.4, 0.5) is 14.5 Å². The summed E-state index contributed by atoms with van der Waals surface area (Å²) in [4.78, 5) is 23.2. The number of carbonyl (C=O) groups excluding carboxylic acids is 1. The average molecular weight is 286 g/mol. The Hall–Kier alpha value is -2.05. The monoisotopic (exact) mass is 286 g/mol. The molecule has 0 fully saturated rings. The zero-order valence-corrected chi connectivity index (χ0v) is 11.5. The standard InChI is InChI=1S/C13H16F2N2O3/c1-4-8(3)16(5-2)13(18)11-9(14)6-7-10(12(11)15)17(19)20/h6-8H,4-5H2,1-3H3. The predicted molar refractivity (Wildman–Crippen MR) is 69.5 cm³/mol. The van der Waals surface area contributed by atoms with E-state index in [0.717, 1.165) is 6.07 Å². The molecule has 1 aromatic rings. The molecule has 5 nitrogen and oxygen atoms in total. The molecule has 110 valence electrons. The van der Waals surface area contributed by atoms with Gasteiger partial charge in [0.2, 0.25) is 5.82 Å². The summed E-state index contributed by atoms with van der Waals surface area (Å²) < 4.78 is 27.7. The van der Waals surface area contributed by atoms with Crippen LogP contribution in [0.1, 0.15) is 37.6 Å². The fourth-order valence-corrected chi connectivity index (χ4v) is 1.90. The van der Waals surface area contributed by atoms with Gasteiger partial charge in [0.25, 0.3) is 5.91 Å². The summed E-state index contributed by atoms with van der Waals surface area (Å²) in [6.45, 7) is 5.52. The molecule has 1 unspecified atom stereocenters. The Labute approximate surface area is 115 Å². The van der Waals surface area contributed by atoms with Crippen molar-refractivity contribution < 1.29 is 18.5 Å². The van der Waals surface area contributed by atoms with Crippen molar-refractivity contribution in [1.82, 2.24) is 4.90 Å². The summed E-state index contributed by atoms with van der Waals surface area (Å²) in [6, 6.07) is 1.23. The molecule has 1 rings (SSSR count). The summed E-state index contributed by atoms with van der Waals surface area (Å²) in [5.41, 5.74) is -1.78. The lowest BCUT2D eigenvalue weighted by molar-refractivity contribution is -0.387. The molecule has 0 aliphatic carbocycles. The molecular formula is C13H16F2N2O3. The van der Waals surface area contributed by atoms with E-state index in [4.69, 9.17) is 0 Å². The number of rotatable bonds is 5. The Morgan fingerprint density at radius 2 is 2.00 bits per heavy atom. The quantitative estimate of drug-likeness (QED) is 0.617. The molecule has 0 radical (unpaired) electrons. The van der Waals surface area contributed by atoms with Gasteiger partial charge in [0.15, 0.2) is 0 Å². The van der Waals surface area contributed by atoms with Gasteiger partial charge in [0.05, 0.1) is 4.92 Å². The lowest BCUT2D eigenvalue weighted by Crippen LogP contribution is -2.39. The van der Waals surface area contributed by atoms with Crippen LogP contribution in [-0.2, 0) is 0 Å². The van der Waals surface area contributed by atoms with Crippen molar-refractivity contribution in [1.29, 1.82) is 0 Å². The first-order valence-corrected chi connectivity index (χ1v) is 6.28. The molecule has 20 heavy (non-hydrogen) atoms. The van der Waals surface area contributed by atoms with Crippen molar-refractivity contribution in [2.24, 2.45) is 0 Å². The highest BCUT2D eigenvalue weighted by molar-refractivity contribution is 5.95. The number of halogens is 2. The Kier molecular flexibility index (Phi) is 5.12. The topological polar surface area (TPSA) is 63.5 Å². The minimum Gasteiger partial charge on any atom is -0.336 e. The van der Waals surface area contributed by atoms with Crippen molar-refractivity contribution in [3.8, 4) is 0 Å². The maximum atomic E-state index is 14.0. The molecular weight excluding hydrogens is 270 g/mol. The van der Waals surface area contributed by atoms with E-state index in [1.54, 1.807) is 13.8 Å². The fraction of sp³-hybridized carbons (Fsp3) is 0.462. The van der Waals surface area contributed by atoms with Crippen molar-refractivity contribution >= 4 is 11.6 Å².